The van der Waals surface area contributed by atoms with E-state index in [9.17, 15) is 4.39 Å². The van der Waals surface area contributed by atoms with Crippen LogP contribution in [0.5, 0.6) is 5.75 Å². The van der Waals surface area contributed by atoms with Crippen molar-refractivity contribution in [1.29, 1.82) is 0 Å². The average Bonchev–Trinajstić information content (AvgIpc) is 2.61. The Morgan fingerprint density at radius 2 is 2.20 bits per heavy atom. The van der Waals surface area contributed by atoms with E-state index in [1.54, 1.807) is 12.1 Å². The summed E-state index contributed by atoms with van der Waals surface area (Å²) in [5.74, 6) is -0.0177. The molecule has 1 heterocycles. The number of hydrogen-bond acceptors (Lipinski definition) is 3. The topological polar surface area (TPSA) is 38.5 Å². The first-order valence-corrected chi connectivity index (χ1v) is 7.50. The molecular weight excluding hydrogens is 255 g/mol. The van der Waals surface area contributed by atoms with Gasteiger partial charge in [-0.05, 0) is 50.0 Å². The van der Waals surface area contributed by atoms with Gasteiger partial charge in [-0.25, -0.2) is 4.39 Å². The molecule has 2 unspecified atom stereocenters. The number of hydrogen-bond donors (Lipinski definition) is 1. The predicted molar refractivity (Wildman–Crippen MR) is 79.4 cm³/mol. The molecule has 1 fully saturated rings. The van der Waals surface area contributed by atoms with E-state index in [1.807, 2.05) is 6.07 Å². The number of ether oxygens (including phenoxy) is 1. The Hall–Kier alpha value is -1.13. The van der Waals surface area contributed by atoms with Gasteiger partial charge in [0.25, 0.3) is 0 Å². The molecule has 112 valence electrons. The molecule has 1 aliphatic heterocycles. The molecule has 1 saturated heterocycles. The van der Waals surface area contributed by atoms with Gasteiger partial charge in [0.05, 0.1) is 7.11 Å². The number of likely N-dealkylation sites (tertiary alicyclic amines) is 1. The Morgan fingerprint density at radius 3 is 2.85 bits per heavy atom. The van der Waals surface area contributed by atoms with Gasteiger partial charge in [-0.1, -0.05) is 19.4 Å². The highest BCUT2D eigenvalue weighted by Gasteiger charge is 2.28. The second-order valence-corrected chi connectivity index (χ2v) is 5.53. The molecule has 3 nitrogen and oxygen atoms in total. The van der Waals surface area contributed by atoms with Crippen molar-refractivity contribution in [2.75, 3.05) is 20.2 Å². The first-order chi connectivity index (χ1) is 9.67. The van der Waals surface area contributed by atoms with E-state index in [0.717, 1.165) is 37.9 Å². The molecule has 1 aliphatic rings. The van der Waals surface area contributed by atoms with Crippen LogP contribution >= 0.6 is 0 Å². The molecule has 1 aromatic carbocycles. The van der Waals surface area contributed by atoms with Crippen LogP contribution < -0.4 is 10.5 Å². The fraction of sp³-hybridized carbons (Fsp3) is 0.625. The van der Waals surface area contributed by atoms with Gasteiger partial charge in [0.15, 0.2) is 11.6 Å². The summed E-state index contributed by atoms with van der Waals surface area (Å²) in [5, 5.41) is 0. The zero-order valence-electron chi connectivity index (χ0n) is 12.4. The molecule has 0 bridgehead atoms. The van der Waals surface area contributed by atoms with Crippen molar-refractivity contribution in [2.24, 2.45) is 5.73 Å². The Bertz CT molecular complexity index is 438. The fourth-order valence-corrected chi connectivity index (χ4v) is 3.13. The van der Waals surface area contributed by atoms with E-state index in [2.05, 4.69) is 11.8 Å². The van der Waals surface area contributed by atoms with Crippen LogP contribution in [0.3, 0.4) is 0 Å². The van der Waals surface area contributed by atoms with Crippen LogP contribution in [0.2, 0.25) is 0 Å². The quantitative estimate of drug-likeness (QED) is 0.921. The molecule has 20 heavy (non-hydrogen) atoms. The summed E-state index contributed by atoms with van der Waals surface area (Å²) in [6.07, 6.45) is 4.40. The van der Waals surface area contributed by atoms with E-state index in [1.165, 1.54) is 13.5 Å². The normalized spacial score (nSPS) is 24.4. The Balaban J connectivity index is 2.31. The highest BCUT2D eigenvalue weighted by Crippen LogP contribution is 2.31. The van der Waals surface area contributed by atoms with Gasteiger partial charge in [0.2, 0.25) is 0 Å². The van der Waals surface area contributed by atoms with E-state index >= 15 is 0 Å². The van der Waals surface area contributed by atoms with Gasteiger partial charge < -0.3 is 10.5 Å². The maximum absolute atomic E-state index is 14.0. The lowest BCUT2D eigenvalue weighted by Crippen LogP contribution is -2.40. The molecule has 0 radical (unpaired) electrons. The van der Waals surface area contributed by atoms with E-state index in [0.29, 0.717) is 0 Å². The summed E-state index contributed by atoms with van der Waals surface area (Å²) in [5.41, 5.74) is 7.32. The van der Waals surface area contributed by atoms with Crippen molar-refractivity contribution < 1.29 is 9.13 Å². The highest BCUT2D eigenvalue weighted by molar-refractivity contribution is 5.32. The van der Waals surface area contributed by atoms with Crippen LogP contribution in [0, 0.1) is 5.82 Å². The molecule has 0 amide bonds. The molecule has 0 spiro atoms. The van der Waals surface area contributed by atoms with E-state index in [4.69, 9.17) is 10.5 Å². The van der Waals surface area contributed by atoms with Gasteiger partial charge in [-0.2, -0.15) is 0 Å². The standard InChI is InChI=1S/C16H25FN2O/c1-3-9-19-10-5-4-6-14(18)16(19)12-7-8-15(20-2)13(17)11-12/h7-8,11,14,16H,3-6,9-10,18H2,1-2H3. The Kier molecular flexibility index (Phi) is 5.38. The fourth-order valence-electron chi connectivity index (χ4n) is 3.13. The van der Waals surface area contributed by atoms with Crippen molar-refractivity contribution in [3.8, 4) is 5.75 Å². The summed E-state index contributed by atoms with van der Waals surface area (Å²) in [4.78, 5) is 2.40. The molecule has 1 aromatic rings. The number of halogens is 1. The van der Waals surface area contributed by atoms with Crippen LogP contribution in [-0.2, 0) is 0 Å². The molecule has 4 heteroatoms. The molecule has 2 N–H and O–H groups in total. The summed E-state index contributed by atoms with van der Waals surface area (Å²) >= 11 is 0. The molecule has 2 atom stereocenters. The largest absolute Gasteiger partial charge is 0.494 e. The predicted octanol–water partition coefficient (Wildman–Crippen LogP) is 3.10. The lowest BCUT2D eigenvalue weighted by Gasteiger charge is -2.33. The summed E-state index contributed by atoms with van der Waals surface area (Å²) in [6, 6.07) is 5.40. The van der Waals surface area contributed by atoms with Gasteiger partial charge in [0.1, 0.15) is 0 Å². The van der Waals surface area contributed by atoms with E-state index < -0.39 is 0 Å². The smallest absolute Gasteiger partial charge is 0.165 e. The molecule has 0 aromatic heterocycles. The molecule has 0 saturated carbocycles. The van der Waals surface area contributed by atoms with Crippen molar-refractivity contribution in [3.05, 3.63) is 29.6 Å². The lowest BCUT2D eigenvalue weighted by molar-refractivity contribution is 0.185. The third-order valence-electron chi connectivity index (χ3n) is 4.06. The van der Waals surface area contributed by atoms with Gasteiger partial charge >= 0.3 is 0 Å². The maximum atomic E-state index is 14.0. The van der Waals surface area contributed by atoms with Crippen molar-refractivity contribution in [1.82, 2.24) is 4.90 Å². The van der Waals surface area contributed by atoms with Crippen LogP contribution in [0.15, 0.2) is 18.2 Å². The average molecular weight is 280 g/mol. The summed E-state index contributed by atoms with van der Waals surface area (Å²) < 4.78 is 19.0. The number of nitrogens with two attached hydrogens (primary N) is 1. The Morgan fingerprint density at radius 1 is 1.40 bits per heavy atom. The highest BCUT2D eigenvalue weighted by atomic mass is 19.1. The second kappa shape index (κ2) is 7.04. The van der Waals surface area contributed by atoms with E-state index in [-0.39, 0.29) is 23.7 Å². The zero-order chi connectivity index (χ0) is 14.5. The van der Waals surface area contributed by atoms with Crippen molar-refractivity contribution >= 4 is 0 Å². The minimum Gasteiger partial charge on any atom is -0.494 e. The minimum absolute atomic E-state index is 0.0665. The monoisotopic (exact) mass is 280 g/mol. The van der Waals surface area contributed by atoms with Gasteiger partial charge in [0, 0.05) is 12.1 Å². The number of nitrogens with zero attached hydrogens (tertiary/aromatic N) is 1. The molecule has 2 rings (SSSR count). The Labute approximate surface area is 120 Å². The first-order valence-electron chi connectivity index (χ1n) is 7.50. The second-order valence-electron chi connectivity index (χ2n) is 5.53. The van der Waals surface area contributed by atoms with Crippen LogP contribution in [0.1, 0.15) is 44.2 Å². The summed E-state index contributed by atoms with van der Waals surface area (Å²) in [6.45, 7) is 4.22. The van der Waals surface area contributed by atoms with Crippen LogP contribution in [0.4, 0.5) is 4.39 Å². The minimum atomic E-state index is -0.308. The third-order valence-corrected chi connectivity index (χ3v) is 4.06. The number of rotatable bonds is 4. The zero-order valence-corrected chi connectivity index (χ0v) is 12.4. The number of methoxy groups -OCH3 is 1. The third kappa shape index (κ3) is 3.30. The first kappa shape index (κ1) is 15.3. The van der Waals surface area contributed by atoms with Crippen molar-refractivity contribution in [3.63, 3.8) is 0 Å². The van der Waals surface area contributed by atoms with Crippen LogP contribution in [0.25, 0.3) is 0 Å². The molecule has 0 aliphatic carbocycles. The lowest BCUT2D eigenvalue weighted by atomic mass is 9.96. The summed E-state index contributed by atoms with van der Waals surface area (Å²) in [7, 11) is 1.48. The maximum Gasteiger partial charge on any atom is 0.165 e. The van der Waals surface area contributed by atoms with Gasteiger partial charge in [-0.3, -0.25) is 4.90 Å². The van der Waals surface area contributed by atoms with Gasteiger partial charge in [-0.15, -0.1) is 0 Å². The molecular formula is C16H25FN2O. The van der Waals surface area contributed by atoms with Crippen LogP contribution in [-0.4, -0.2) is 31.1 Å². The van der Waals surface area contributed by atoms with Crippen molar-refractivity contribution in [2.45, 2.75) is 44.7 Å². The number of benzene rings is 1. The SMILES string of the molecule is CCCN1CCCCC(N)C1c1ccc(OC)c(F)c1.